The maximum Gasteiger partial charge on any atom is 0.0873 e. The van der Waals surface area contributed by atoms with Crippen molar-refractivity contribution in [1.82, 2.24) is 10.9 Å². The third-order valence-electron chi connectivity index (χ3n) is 7.17. The average molecular weight is 302 g/mol. The Morgan fingerprint density at radius 1 is 1.05 bits per heavy atom. The van der Waals surface area contributed by atoms with Crippen LogP contribution in [0.2, 0.25) is 0 Å². The molecule has 5 aliphatic rings. The molecule has 8 atom stereocenters. The van der Waals surface area contributed by atoms with Crippen LogP contribution in [0.5, 0.6) is 0 Å². The summed E-state index contributed by atoms with van der Waals surface area (Å²) in [6.07, 6.45) is 9.24. The molecule has 120 valence electrons. The first kappa shape index (κ1) is 13.7. The van der Waals surface area contributed by atoms with Gasteiger partial charge in [-0.15, -0.1) is 0 Å². The fraction of sp³-hybridized carbons (Fsp3) is 0.778. The van der Waals surface area contributed by atoms with Crippen LogP contribution in [0.25, 0.3) is 0 Å². The molecule has 4 aliphatic carbocycles. The van der Waals surface area contributed by atoms with E-state index in [-0.39, 0.29) is 11.8 Å². The summed E-state index contributed by atoms with van der Waals surface area (Å²) in [4.78, 5) is 0. The number of allylic oxidation sites excluding steroid dienone is 3. The minimum atomic E-state index is -0.579. The smallest absolute Gasteiger partial charge is 0.0873 e. The van der Waals surface area contributed by atoms with E-state index in [1.807, 2.05) is 0 Å². The fourth-order valence-corrected chi connectivity index (χ4v) is 6.13. The van der Waals surface area contributed by atoms with E-state index in [9.17, 15) is 10.2 Å². The highest BCUT2D eigenvalue weighted by molar-refractivity contribution is 5.36. The monoisotopic (exact) mass is 302 g/mol. The van der Waals surface area contributed by atoms with Crippen LogP contribution in [0.4, 0.5) is 0 Å². The number of fused-ring (bicyclic) bond motifs is 6. The molecule has 4 fully saturated rings. The van der Waals surface area contributed by atoms with Crippen molar-refractivity contribution in [3.8, 4) is 0 Å². The van der Waals surface area contributed by atoms with E-state index < -0.39 is 12.2 Å². The molecular formula is C18H26N2O2. The Labute approximate surface area is 131 Å². The lowest BCUT2D eigenvalue weighted by Gasteiger charge is -2.52. The third-order valence-corrected chi connectivity index (χ3v) is 7.17. The van der Waals surface area contributed by atoms with Gasteiger partial charge in [-0.05, 0) is 55.8 Å². The van der Waals surface area contributed by atoms with Crippen LogP contribution in [0, 0.1) is 29.6 Å². The van der Waals surface area contributed by atoms with Crippen LogP contribution in [-0.2, 0) is 0 Å². The van der Waals surface area contributed by atoms with Gasteiger partial charge in [-0.25, -0.2) is 0 Å². The Morgan fingerprint density at radius 3 is 2.86 bits per heavy atom. The molecule has 0 aromatic rings. The molecule has 0 bridgehead atoms. The first-order chi connectivity index (χ1) is 10.7. The molecule has 0 radical (unpaired) electrons. The molecule has 4 nitrogen and oxygen atoms in total. The van der Waals surface area contributed by atoms with Crippen molar-refractivity contribution >= 4 is 0 Å². The van der Waals surface area contributed by atoms with E-state index in [2.05, 4.69) is 23.0 Å². The Hall–Kier alpha value is -0.680. The Kier molecular flexibility index (Phi) is 3.06. The number of hydrogen-bond donors (Lipinski definition) is 4. The molecule has 4 heteroatoms. The maximum atomic E-state index is 10.8. The van der Waals surface area contributed by atoms with E-state index in [1.165, 1.54) is 30.4 Å². The maximum absolute atomic E-state index is 10.8. The van der Waals surface area contributed by atoms with Crippen LogP contribution in [-0.4, -0.2) is 35.0 Å². The molecule has 1 heterocycles. The molecule has 0 amide bonds. The van der Waals surface area contributed by atoms with Gasteiger partial charge in [0, 0.05) is 18.5 Å². The predicted molar refractivity (Wildman–Crippen MR) is 83.6 cm³/mol. The van der Waals surface area contributed by atoms with Crippen molar-refractivity contribution in [2.75, 3.05) is 6.54 Å². The second-order valence-electron chi connectivity index (χ2n) is 8.05. The van der Waals surface area contributed by atoms with Crippen LogP contribution in [0.15, 0.2) is 23.3 Å². The van der Waals surface area contributed by atoms with E-state index >= 15 is 0 Å². The molecule has 8 unspecified atom stereocenters. The lowest BCUT2D eigenvalue weighted by atomic mass is 9.56. The van der Waals surface area contributed by atoms with E-state index in [4.69, 9.17) is 0 Å². The second kappa shape index (κ2) is 4.91. The molecule has 1 saturated heterocycles. The van der Waals surface area contributed by atoms with Crippen molar-refractivity contribution in [2.24, 2.45) is 29.6 Å². The zero-order chi connectivity index (χ0) is 14.8. The summed E-state index contributed by atoms with van der Waals surface area (Å²) in [5, 5.41) is 21.7. The number of aliphatic hydroxyl groups is 2. The highest BCUT2D eigenvalue weighted by atomic mass is 16.3. The SMILES string of the molecule is OC1C(O)C2C(=CC=C3CCCC32)C2CC3CNNC3CC21. The van der Waals surface area contributed by atoms with Crippen molar-refractivity contribution in [2.45, 2.75) is 50.4 Å². The molecule has 4 N–H and O–H groups in total. The van der Waals surface area contributed by atoms with Gasteiger partial charge in [0.25, 0.3) is 0 Å². The normalized spacial score (nSPS) is 53.0. The summed E-state index contributed by atoms with van der Waals surface area (Å²) in [5.41, 5.74) is 9.60. The first-order valence-electron chi connectivity index (χ1n) is 8.99. The highest BCUT2D eigenvalue weighted by Gasteiger charge is 2.54. The summed E-state index contributed by atoms with van der Waals surface area (Å²) in [6.45, 7) is 1.04. The Morgan fingerprint density at radius 2 is 1.95 bits per heavy atom. The van der Waals surface area contributed by atoms with Crippen LogP contribution in [0.3, 0.4) is 0 Å². The highest BCUT2D eigenvalue weighted by Crippen LogP contribution is 2.55. The molecule has 1 aliphatic heterocycles. The second-order valence-corrected chi connectivity index (χ2v) is 8.05. The standard InChI is InChI=1S/C18H26N2O2/c21-17-14-7-15-10(8-19-20-15)6-13(14)12-5-4-9-2-1-3-11(9)16(12)18(17)22/h4-5,10-11,13-22H,1-3,6-8H2. The Balaban J connectivity index is 1.53. The van der Waals surface area contributed by atoms with Gasteiger partial charge in [-0.1, -0.05) is 23.3 Å². The van der Waals surface area contributed by atoms with Crippen molar-refractivity contribution < 1.29 is 10.2 Å². The van der Waals surface area contributed by atoms with E-state index in [0.717, 1.165) is 19.4 Å². The molecule has 3 saturated carbocycles. The van der Waals surface area contributed by atoms with Gasteiger partial charge >= 0.3 is 0 Å². The summed E-state index contributed by atoms with van der Waals surface area (Å²) in [7, 11) is 0. The minimum Gasteiger partial charge on any atom is -0.390 e. The van der Waals surface area contributed by atoms with Gasteiger partial charge in [0.1, 0.15) is 0 Å². The van der Waals surface area contributed by atoms with Gasteiger partial charge in [-0.3, -0.25) is 10.9 Å². The van der Waals surface area contributed by atoms with Crippen molar-refractivity contribution in [1.29, 1.82) is 0 Å². The van der Waals surface area contributed by atoms with Gasteiger partial charge < -0.3 is 10.2 Å². The van der Waals surface area contributed by atoms with E-state index in [1.54, 1.807) is 0 Å². The molecule has 0 aromatic heterocycles. The Bertz CT molecular complexity index is 543. The largest absolute Gasteiger partial charge is 0.390 e. The number of nitrogens with one attached hydrogen (secondary N) is 2. The van der Waals surface area contributed by atoms with E-state index in [0.29, 0.717) is 23.8 Å². The minimum absolute atomic E-state index is 0.178. The van der Waals surface area contributed by atoms with Gasteiger partial charge in [-0.2, -0.15) is 0 Å². The quantitative estimate of drug-likeness (QED) is 0.541. The van der Waals surface area contributed by atoms with Gasteiger partial charge in [0.2, 0.25) is 0 Å². The van der Waals surface area contributed by atoms with Crippen molar-refractivity contribution in [3.63, 3.8) is 0 Å². The fourth-order valence-electron chi connectivity index (χ4n) is 6.13. The summed E-state index contributed by atoms with van der Waals surface area (Å²) in [6, 6.07) is 0.460. The molecule has 0 spiro atoms. The van der Waals surface area contributed by atoms with Crippen LogP contribution >= 0.6 is 0 Å². The summed E-state index contributed by atoms with van der Waals surface area (Å²) in [5.74, 6) is 2.01. The number of aliphatic hydroxyl groups excluding tert-OH is 2. The molecule has 5 rings (SSSR count). The number of hydrazine groups is 1. The lowest BCUT2D eigenvalue weighted by Crippen LogP contribution is -2.56. The summed E-state index contributed by atoms with van der Waals surface area (Å²) >= 11 is 0. The zero-order valence-electron chi connectivity index (χ0n) is 12.9. The van der Waals surface area contributed by atoms with Gasteiger partial charge in [0.15, 0.2) is 0 Å². The van der Waals surface area contributed by atoms with Crippen LogP contribution in [0.1, 0.15) is 32.1 Å². The molecule has 0 aromatic carbocycles. The van der Waals surface area contributed by atoms with Gasteiger partial charge in [0.05, 0.1) is 12.2 Å². The first-order valence-corrected chi connectivity index (χ1v) is 8.99. The summed E-state index contributed by atoms with van der Waals surface area (Å²) < 4.78 is 0. The zero-order valence-corrected chi connectivity index (χ0v) is 12.9. The predicted octanol–water partition coefficient (Wildman–Crippen LogP) is 1.12. The third kappa shape index (κ3) is 1.78. The average Bonchev–Trinajstić information content (AvgIpc) is 3.18. The van der Waals surface area contributed by atoms with Crippen LogP contribution < -0.4 is 10.9 Å². The van der Waals surface area contributed by atoms with Crippen molar-refractivity contribution in [3.05, 3.63) is 23.3 Å². The number of hydrogen-bond acceptors (Lipinski definition) is 4. The topological polar surface area (TPSA) is 64.5 Å². The number of rotatable bonds is 0. The molecular weight excluding hydrogens is 276 g/mol. The lowest BCUT2D eigenvalue weighted by molar-refractivity contribution is -0.0992. The molecule has 22 heavy (non-hydrogen) atoms.